The second kappa shape index (κ2) is 9.00. The van der Waals surface area contributed by atoms with Crippen LogP contribution in [-0.4, -0.2) is 30.7 Å². The summed E-state index contributed by atoms with van der Waals surface area (Å²) < 4.78 is 11.1. The van der Waals surface area contributed by atoms with Gasteiger partial charge >= 0.3 is 0 Å². The number of carbonyl (C=O) groups excluding carboxylic acids is 1. The smallest absolute Gasteiger partial charge is 0.235 e. The SMILES string of the molecule is CCCCOc1ccc(NC(=O)C2(c3cccc(C)c3)CCOCC2)cn1. The number of pyridine rings is 1. The third kappa shape index (κ3) is 4.66. The molecule has 1 N–H and O–H groups in total. The van der Waals surface area contributed by atoms with E-state index in [0.717, 1.165) is 24.0 Å². The van der Waals surface area contributed by atoms with Gasteiger partial charge in [-0.05, 0) is 37.8 Å². The summed E-state index contributed by atoms with van der Waals surface area (Å²) in [5.41, 5.74) is 2.32. The van der Waals surface area contributed by atoms with Crippen LogP contribution in [0.1, 0.15) is 43.7 Å². The predicted octanol–water partition coefficient (Wildman–Crippen LogP) is 4.26. The molecule has 1 aliphatic rings. The van der Waals surface area contributed by atoms with Crippen molar-refractivity contribution < 1.29 is 14.3 Å². The Morgan fingerprint density at radius 1 is 1.26 bits per heavy atom. The highest BCUT2D eigenvalue weighted by molar-refractivity contribution is 5.99. The van der Waals surface area contributed by atoms with Crippen molar-refractivity contribution in [2.75, 3.05) is 25.1 Å². The molecule has 1 amide bonds. The average Bonchev–Trinajstić information content (AvgIpc) is 2.70. The summed E-state index contributed by atoms with van der Waals surface area (Å²) in [7, 11) is 0. The Balaban J connectivity index is 1.75. The number of aryl methyl sites for hydroxylation is 1. The molecule has 0 spiro atoms. The van der Waals surface area contributed by atoms with Crippen LogP contribution in [-0.2, 0) is 14.9 Å². The lowest BCUT2D eigenvalue weighted by Crippen LogP contribution is -2.44. The molecule has 144 valence electrons. The Morgan fingerprint density at radius 2 is 2.07 bits per heavy atom. The van der Waals surface area contributed by atoms with Crippen molar-refractivity contribution in [1.29, 1.82) is 0 Å². The number of anilines is 1. The van der Waals surface area contributed by atoms with Crippen molar-refractivity contribution in [2.24, 2.45) is 0 Å². The van der Waals surface area contributed by atoms with Crippen LogP contribution in [0.15, 0.2) is 42.6 Å². The molecular formula is C22H28N2O3. The molecule has 0 unspecified atom stereocenters. The number of ether oxygens (including phenoxy) is 2. The average molecular weight is 368 g/mol. The Bertz CT molecular complexity index is 752. The normalized spacial score (nSPS) is 15.9. The van der Waals surface area contributed by atoms with Crippen LogP contribution >= 0.6 is 0 Å². The first-order valence-electron chi connectivity index (χ1n) is 9.69. The topological polar surface area (TPSA) is 60.5 Å². The lowest BCUT2D eigenvalue weighted by Gasteiger charge is -2.36. The molecule has 5 nitrogen and oxygen atoms in total. The van der Waals surface area contributed by atoms with E-state index in [1.54, 1.807) is 12.3 Å². The fourth-order valence-corrected chi connectivity index (χ4v) is 3.42. The predicted molar refractivity (Wildman–Crippen MR) is 106 cm³/mol. The number of hydrogen-bond acceptors (Lipinski definition) is 4. The monoisotopic (exact) mass is 368 g/mol. The minimum absolute atomic E-state index is 0.00199. The van der Waals surface area contributed by atoms with Crippen LogP contribution in [0.3, 0.4) is 0 Å². The molecule has 1 aliphatic heterocycles. The van der Waals surface area contributed by atoms with Crippen LogP contribution in [0.5, 0.6) is 5.88 Å². The number of amides is 1. The number of nitrogens with one attached hydrogen (secondary N) is 1. The number of benzene rings is 1. The molecule has 0 saturated carbocycles. The zero-order valence-corrected chi connectivity index (χ0v) is 16.2. The molecule has 5 heteroatoms. The van der Waals surface area contributed by atoms with Crippen molar-refractivity contribution in [3.8, 4) is 5.88 Å². The minimum Gasteiger partial charge on any atom is -0.478 e. The van der Waals surface area contributed by atoms with Crippen molar-refractivity contribution in [3.05, 3.63) is 53.7 Å². The van der Waals surface area contributed by atoms with Gasteiger partial charge in [-0.25, -0.2) is 4.98 Å². The lowest BCUT2D eigenvalue weighted by molar-refractivity contribution is -0.125. The zero-order valence-electron chi connectivity index (χ0n) is 16.2. The molecule has 1 fully saturated rings. The summed E-state index contributed by atoms with van der Waals surface area (Å²) in [5.74, 6) is 0.582. The fraction of sp³-hybridized carbons (Fsp3) is 0.455. The van der Waals surface area contributed by atoms with Gasteiger partial charge in [-0.3, -0.25) is 4.79 Å². The van der Waals surface area contributed by atoms with Crippen molar-refractivity contribution in [1.82, 2.24) is 4.98 Å². The van der Waals surface area contributed by atoms with E-state index in [9.17, 15) is 4.79 Å². The number of carbonyl (C=O) groups is 1. The van der Waals surface area contributed by atoms with E-state index in [0.29, 0.717) is 44.2 Å². The van der Waals surface area contributed by atoms with Gasteiger partial charge in [0.2, 0.25) is 11.8 Å². The molecule has 2 heterocycles. The van der Waals surface area contributed by atoms with Gasteiger partial charge in [-0.1, -0.05) is 43.2 Å². The van der Waals surface area contributed by atoms with E-state index in [1.807, 2.05) is 18.2 Å². The highest BCUT2D eigenvalue weighted by atomic mass is 16.5. The maximum absolute atomic E-state index is 13.3. The third-order valence-corrected chi connectivity index (χ3v) is 5.09. The van der Waals surface area contributed by atoms with Crippen LogP contribution in [0.25, 0.3) is 0 Å². The molecule has 1 saturated heterocycles. The number of rotatable bonds is 7. The number of hydrogen-bond donors (Lipinski definition) is 1. The van der Waals surface area contributed by atoms with Crippen molar-refractivity contribution >= 4 is 11.6 Å². The molecule has 0 aliphatic carbocycles. The van der Waals surface area contributed by atoms with Crippen molar-refractivity contribution in [2.45, 2.75) is 44.9 Å². The van der Waals surface area contributed by atoms with Gasteiger partial charge in [-0.2, -0.15) is 0 Å². The summed E-state index contributed by atoms with van der Waals surface area (Å²) in [6, 6.07) is 11.9. The van der Waals surface area contributed by atoms with Crippen LogP contribution in [0.2, 0.25) is 0 Å². The van der Waals surface area contributed by atoms with Crippen LogP contribution in [0.4, 0.5) is 5.69 Å². The summed E-state index contributed by atoms with van der Waals surface area (Å²) in [6.45, 7) is 6.00. The van der Waals surface area contributed by atoms with E-state index in [1.165, 1.54) is 0 Å². The second-order valence-electron chi connectivity index (χ2n) is 7.11. The minimum atomic E-state index is -0.569. The first kappa shape index (κ1) is 19.4. The number of aromatic nitrogens is 1. The van der Waals surface area contributed by atoms with Gasteiger partial charge in [0, 0.05) is 19.3 Å². The Morgan fingerprint density at radius 3 is 2.74 bits per heavy atom. The number of unbranched alkanes of at least 4 members (excludes halogenated alkanes) is 1. The lowest BCUT2D eigenvalue weighted by atomic mass is 9.73. The third-order valence-electron chi connectivity index (χ3n) is 5.09. The van der Waals surface area contributed by atoms with E-state index in [4.69, 9.17) is 9.47 Å². The zero-order chi connectivity index (χ0) is 19.1. The summed E-state index contributed by atoms with van der Waals surface area (Å²) in [4.78, 5) is 17.6. The Kier molecular flexibility index (Phi) is 6.45. The summed E-state index contributed by atoms with van der Waals surface area (Å²) >= 11 is 0. The van der Waals surface area contributed by atoms with E-state index in [-0.39, 0.29) is 5.91 Å². The molecule has 0 bridgehead atoms. The standard InChI is InChI=1S/C22H28N2O3/c1-3-4-12-27-20-9-8-19(16-23-20)24-21(25)22(10-13-26-14-11-22)18-7-5-6-17(2)15-18/h5-9,15-16H,3-4,10-14H2,1-2H3,(H,24,25). The highest BCUT2D eigenvalue weighted by Gasteiger charge is 2.41. The van der Waals surface area contributed by atoms with Gasteiger partial charge in [-0.15, -0.1) is 0 Å². The maximum atomic E-state index is 13.3. The fourth-order valence-electron chi connectivity index (χ4n) is 3.42. The highest BCUT2D eigenvalue weighted by Crippen LogP contribution is 2.36. The summed E-state index contributed by atoms with van der Waals surface area (Å²) in [5, 5.41) is 3.05. The van der Waals surface area contributed by atoms with Gasteiger partial charge < -0.3 is 14.8 Å². The molecule has 3 rings (SSSR count). The quantitative estimate of drug-likeness (QED) is 0.742. The van der Waals surface area contributed by atoms with Gasteiger partial charge in [0.25, 0.3) is 0 Å². The molecule has 27 heavy (non-hydrogen) atoms. The molecule has 1 aromatic heterocycles. The molecule has 0 radical (unpaired) electrons. The molecule has 2 aromatic rings. The second-order valence-corrected chi connectivity index (χ2v) is 7.11. The van der Waals surface area contributed by atoms with Gasteiger partial charge in [0.1, 0.15) is 0 Å². The van der Waals surface area contributed by atoms with Crippen molar-refractivity contribution in [3.63, 3.8) is 0 Å². The molecular weight excluding hydrogens is 340 g/mol. The first-order valence-corrected chi connectivity index (χ1v) is 9.69. The van der Waals surface area contributed by atoms with E-state index >= 15 is 0 Å². The summed E-state index contributed by atoms with van der Waals surface area (Å²) in [6.07, 6.45) is 5.09. The van der Waals surface area contributed by atoms with Gasteiger partial charge in [0.15, 0.2) is 0 Å². The van der Waals surface area contributed by atoms with Crippen LogP contribution < -0.4 is 10.1 Å². The Labute approximate surface area is 161 Å². The van der Waals surface area contributed by atoms with Gasteiger partial charge in [0.05, 0.1) is 23.9 Å². The molecule has 1 aromatic carbocycles. The van der Waals surface area contributed by atoms with Crippen LogP contribution in [0, 0.1) is 6.92 Å². The Hall–Kier alpha value is -2.40. The number of nitrogens with zero attached hydrogens (tertiary/aromatic N) is 1. The first-order chi connectivity index (χ1) is 13.1. The molecule has 0 atom stereocenters. The van der Waals surface area contributed by atoms with E-state index < -0.39 is 5.41 Å². The maximum Gasteiger partial charge on any atom is 0.235 e. The van der Waals surface area contributed by atoms with E-state index in [2.05, 4.69) is 36.3 Å². The largest absolute Gasteiger partial charge is 0.478 e.